The molecular weight excluding hydrogens is 514 g/mol. The van der Waals surface area contributed by atoms with Crippen molar-refractivity contribution in [2.24, 2.45) is 0 Å². The molecule has 0 spiro atoms. The zero-order chi connectivity index (χ0) is 28.9. The Hall–Kier alpha value is -4.04. The quantitative estimate of drug-likeness (QED) is 0.166. The van der Waals surface area contributed by atoms with Crippen LogP contribution in [0.15, 0.2) is 84.9 Å². The highest BCUT2D eigenvalue weighted by molar-refractivity contribution is 5.39. The molecule has 0 heterocycles. The second-order valence-corrected chi connectivity index (χ2v) is 9.89. The Bertz CT molecular complexity index is 1210. The van der Waals surface area contributed by atoms with E-state index in [1.54, 1.807) is 28.4 Å². The van der Waals surface area contributed by atoms with Gasteiger partial charge in [-0.05, 0) is 57.6 Å². The molecule has 0 saturated heterocycles. The van der Waals surface area contributed by atoms with Crippen molar-refractivity contribution in [2.45, 2.75) is 39.3 Å². The van der Waals surface area contributed by atoms with Crippen molar-refractivity contribution in [3.05, 3.63) is 118 Å². The van der Waals surface area contributed by atoms with Crippen molar-refractivity contribution in [3.8, 4) is 23.0 Å². The van der Waals surface area contributed by atoms with E-state index in [9.17, 15) is 0 Å². The SMILES string of the molecule is COc1cc(CNCc2ccc(CNCc3ccc(CNCc4cc(OC)cc(OC)c4)cc3)cc2)cc(OC)c1. The fourth-order valence-electron chi connectivity index (χ4n) is 4.54. The highest BCUT2D eigenvalue weighted by Crippen LogP contribution is 2.23. The first-order valence-electron chi connectivity index (χ1n) is 13.8. The minimum absolute atomic E-state index is 0.739. The summed E-state index contributed by atoms with van der Waals surface area (Å²) >= 11 is 0. The molecule has 0 aliphatic carbocycles. The fourth-order valence-corrected chi connectivity index (χ4v) is 4.54. The fraction of sp³-hybridized carbons (Fsp3) is 0.294. The zero-order valence-corrected chi connectivity index (χ0v) is 24.5. The summed E-state index contributed by atoms with van der Waals surface area (Å²) in [6.07, 6.45) is 0. The third-order valence-electron chi connectivity index (χ3n) is 6.84. The minimum Gasteiger partial charge on any atom is -0.497 e. The number of ether oxygens (including phenoxy) is 4. The predicted octanol–water partition coefficient (Wildman–Crippen LogP) is 5.59. The van der Waals surface area contributed by atoms with E-state index in [0.717, 1.165) is 73.4 Å². The lowest BCUT2D eigenvalue weighted by molar-refractivity contribution is 0.393. The van der Waals surface area contributed by atoms with Crippen molar-refractivity contribution in [1.29, 1.82) is 0 Å². The van der Waals surface area contributed by atoms with Crippen LogP contribution < -0.4 is 34.9 Å². The lowest BCUT2D eigenvalue weighted by atomic mass is 10.1. The molecule has 0 amide bonds. The molecule has 0 unspecified atom stereocenters. The van der Waals surface area contributed by atoms with Gasteiger partial charge in [-0.2, -0.15) is 0 Å². The van der Waals surface area contributed by atoms with Crippen LogP contribution in [0.25, 0.3) is 0 Å². The van der Waals surface area contributed by atoms with Gasteiger partial charge in [0.1, 0.15) is 23.0 Å². The van der Waals surface area contributed by atoms with Crippen molar-refractivity contribution in [2.75, 3.05) is 28.4 Å². The molecule has 0 aliphatic heterocycles. The first-order valence-corrected chi connectivity index (χ1v) is 13.8. The topological polar surface area (TPSA) is 73.0 Å². The van der Waals surface area contributed by atoms with E-state index in [1.165, 1.54) is 22.3 Å². The molecule has 7 nitrogen and oxygen atoms in total. The maximum absolute atomic E-state index is 5.36. The largest absolute Gasteiger partial charge is 0.497 e. The van der Waals surface area contributed by atoms with Gasteiger partial charge >= 0.3 is 0 Å². The summed E-state index contributed by atoms with van der Waals surface area (Å²) in [6.45, 7) is 4.71. The third kappa shape index (κ3) is 9.53. The molecule has 0 radical (unpaired) electrons. The van der Waals surface area contributed by atoms with Gasteiger partial charge < -0.3 is 34.9 Å². The normalized spacial score (nSPS) is 10.8. The maximum atomic E-state index is 5.36. The number of benzene rings is 4. The van der Waals surface area contributed by atoms with E-state index in [0.29, 0.717) is 0 Å². The van der Waals surface area contributed by atoms with Crippen LogP contribution >= 0.6 is 0 Å². The number of methoxy groups -OCH3 is 4. The van der Waals surface area contributed by atoms with Crippen LogP contribution in [0.5, 0.6) is 23.0 Å². The van der Waals surface area contributed by atoms with Crippen molar-refractivity contribution >= 4 is 0 Å². The average Bonchev–Trinajstić information content (AvgIpc) is 3.02. The Kier molecular flexibility index (Phi) is 11.4. The van der Waals surface area contributed by atoms with Gasteiger partial charge in [-0.3, -0.25) is 0 Å². The number of hydrogen-bond acceptors (Lipinski definition) is 7. The molecule has 0 saturated carbocycles. The van der Waals surface area contributed by atoms with Crippen molar-refractivity contribution in [3.63, 3.8) is 0 Å². The van der Waals surface area contributed by atoms with Crippen LogP contribution in [0.4, 0.5) is 0 Å². The maximum Gasteiger partial charge on any atom is 0.122 e. The van der Waals surface area contributed by atoms with Crippen LogP contribution in [0.2, 0.25) is 0 Å². The molecule has 0 fully saturated rings. The first kappa shape index (κ1) is 29.9. The third-order valence-corrected chi connectivity index (χ3v) is 6.84. The smallest absolute Gasteiger partial charge is 0.122 e. The van der Waals surface area contributed by atoms with E-state index in [-0.39, 0.29) is 0 Å². The van der Waals surface area contributed by atoms with E-state index < -0.39 is 0 Å². The summed E-state index contributed by atoms with van der Waals surface area (Å²) in [7, 11) is 6.67. The molecule has 0 atom stereocenters. The molecule has 0 bridgehead atoms. The Labute approximate surface area is 243 Å². The Morgan fingerprint density at radius 2 is 0.561 bits per heavy atom. The highest BCUT2D eigenvalue weighted by atomic mass is 16.5. The summed E-state index contributed by atoms with van der Waals surface area (Å²) in [5.74, 6) is 3.20. The molecule has 0 aromatic heterocycles. The summed E-state index contributed by atoms with van der Waals surface area (Å²) < 4.78 is 21.4. The van der Waals surface area contributed by atoms with Gasteiger partial charge in [0.25, 0.3) is 0 Å². The first-order chi connectivity index (χ1) is 20.1. The summed E-state index contributed by atoms with van der Waals surface area (Å²) in [6, 6.07) is 29.3. The second kappa shape index (κ2) is 15.7. The molecule has 7 heteroatoms. The Balaban J connectivity index is 1.15. The number of nitrogens with one attached hydrogen (secondary N) is 3. The zero-order valence-electron chi connectivity index (χ0n) is 24.5. The van der Waals surface area contributed by atoms with Crippen LogP contribution in [0.3, 0.4) is 0 Å². The van der Waals surface area contributed by atoms with E-state index >= 15 is 0 Å². The van der Waals surface area contributed by atoms with Gasteiger partial charge in [0, 0.05) is 51.4 Å². The van der Waals surface area contributed by atoms with Crippen molar-refractivity contribution in [1.82, 2.24) is 16.0 Å². The Morgan fingerprint density at radius 1 is 0.341 bits per heavy atom. The molecular formula is C34H41N3O4. The number of rotatable bonds is 16. The summed E-state index contributed by atoms with van der Waals surface area (Å²) in [5, 5.41) is 10.5. The van der Waals surface area contributed by atoms with E-state index in [4.69, 9.17) is 18.9 Å². The molecule has 41 heavy (non-hydrogen) atoms. The van der Waals surface area contributed by atoms with Crippen LogP contribution in [0, 0.1) is 0 Å². The highest BCUT2D eigenvalue weighted by Gasteiger charge is 2.04. The van der Waals surface area contributed by atoms with Crippen LogP contribution in [0.1, 0.15) is 33.4 Å². The van der Waals surface area contributed by atoms with Crippen molar-refractivity contribution < 1.29 is 18.9 Å². The lowest BCUT2D eigenvalue weighted by Gasteiger charge is -2.11. The standard InChI is InChI=1S/C34H41N3O4/c1-38-31-13-29(14-32(17-31)39-2)23-36-21-27-9-5-25(6-10-27)19-35-20-26-7-11-28(12-8-26)22-37-24-30-15-33(40-3)18-34(16-30)41-4/h5-18,35-37H,19-24H2,1-4H3. The summed E-state index contributed by atoms with van der Waals surface area (Å²) in [4.78, 5) is 0. The molecule has 4 aromatic rings. The van der Waals surface area contributed by atoms with Gasteiger partial charge in [-0.25, -0.2) is 0 Å². The van der Waals surface area contributed by atoms with Crippen LogP contribution in [-0.2, 0) is 39.3 Å². The molecule has 0 aliphatic rings. The number of hydrogen-bond donors (Lipinski definition) is 3. The van der Waals surface area contributed by atoms with Crippen LogP contribution in [-0.4, -0.2) is 28.4 Å². The Morgan fingerprint density at radius 3 is 0.780 bits per heavy atom. The van der Waals surface area contributed by atoms with Gasteiger partial charge in [-0.1, -0.05) is 48.5 Å². The van der Waals surface area contributed by atoms with E-state index in [2.05, 4.69) is 64.5 Å². The second-order valence-electron chi connectivity index (χ2n) is 9.89. The van der Waals surface area contributed by atoms with Gasteiger partial charge in [0.05, 0.1) is 28.4 Å². The monoisotopic (exact) mass is 555 g/mol. The van der Waals surface area contributed by atoms with Gasteiger partial charge in [0.2, 0.25) is 0 Å². The molecule has 216 valence electrons. The lowest BCUT2D eigenvalue weighted by Crippen LogP contribution is -2.14. The minimum atomic E-state index is 0.739. The average molecular weight is 556 g/mol. The van der Waals surface area contributed by atoms with E-state index in [1.807, 2.05) is 36.4 Å². The molecule has 4 aromatic carbocycles. The van der Waals surface area contributed by atoms with Gasteiger partial charge in [0.15, 0.2) is 0 Å². The molecule has 4 rings (SSSR count). The predicted molar refractivity (Wildman–Crippen MR) is 164 cm³/mol. The molecule has 3 N–H and O–H groups in total. The summed E-state index contributed by atoms with van der Waals surface area (Å²) in [5.41, 5.74) is 7.28. The van der Waals surface area contributed by atoms with Gasteiger partial charge in [-0.15, -0.1) is 0 Å².